The molecule has 2 rings (SSSR count). The summed E-state index contributed by atoms with van der Waals surface area (Å²) in [6, 6.07) is 8.65. The average Bonchev–Trinajstić information content (AvgIpc) is 2.42. The number of hydrazone groups is 1. The second-order valence-corrected chi connectivity index (χ2v) is 5.92. The molecule has 0 atom stereocenters. The Morgan fingerprint density at radius 3 is 2.60 bits per heavy atom. The highest BCUT2D eigenvalue weighted by molar-refractivity contribution is 9.11. The third kappa shape index (κ3) is 3.45. The molecule has 0 amide bonds. The van der Waals surface area contributed by atoms with Gasteiger partial charge in [0.15, 0.2) is 0 Å². The number of rotatable bonds is 3. The lowest BCUT2D eigenvalue weighted by Crippen LogP contribution is -1.92. The number of benzene rings is 2. The van der Waals surface area contributed by atoms with Crippen LogP contribution < -0.4 is 5.43 Å². The number of phenols is 2. The highest BCUT2D eigenvalue weighted by Crippen LogP contribution is 2.40. The SMILES string of the molecule is Oc1c(Br)cc(C=NNc2cccc(Cl)c2)c(O)c1Br. The summed E-state index contributed by atoms with van der Waals surface area (Å²) in [7, 11) is 0. The molecule has 2 aromatic rings. The van der Waals surface area contributed by atoms with Crippen LogP contribution in [0.15, 0.2) is 44.4 Å². The normalized spacial score (nSPS) is 10.9. The maximum atomic E-state index is 9.88. The molecule has 0 saturated heterocycles. The second-order valence-electron chi connectivity index (χ2n) is 3.84. The lowest BCUT2D eigenvalue weighted by Gasteiger charge is -2.06. The van der Waals surface area contributed by atoms with Gasteiger partial charge in [0, 0.05) is 10.6 Å². The van der Waals surface area contributed by atoms with E-state index in [-0.39, 0.29) is 16.0 Å². The van der Waals surface area contributed by atoms with E-state index in [1.807, 2.05) is 6.07 Å². The fourth-order valence-electron chi connectivity index (χ4n) is 1.45. The van der Waals surface area contributed by atoms with E-state index in [2.05, 4.69) is 42.4 Å². The molecule has 0 bridgehead atoms. The summed E-state index contributed by atoms with van der Waals surface area (Å²) in [5.41, 5.74) is 3.96. The van der Waals surface area contributed by atoms with Gasteiger partial charge in [0.05, 0.1) is 16.4 Å². The Morgan fingerprint density at radius 2 is 1.90 bits per heavy atom. The molecule has 0 spiro atoms. The molecule has 0 radical (unpaired) electrons. The van der Waals surface area contributed by atoms with Gasteiger partial charge in [-0.25, -0.2) is 0 Å². The number of hydrogen-bond acceptors (Lipinski definition) is 4. The van der Waals surface area contributed by atoms with Gasteiger partial charge in [-0.2, -0.15) is 5.10 Å². The van der Waals surface area contributed by atoms with Crippen molar-refractivity contribution < 1.29 is 10.2 Å². The molecule has 2 aromatic carbocycles. The predicted molar refractivity (Wildman–Crippen MR) is 87.8 cm³/mol. The molecule has 0 aromatic heterocycles. The summed E-state index contributed by atoms with van der Waals surface area (Å²) < 4.78 is 0.655. The number of halogens is 3. The quantitative estimate of drug-likeness (QED) is 0.497. The van der Waals surface area contributed by atoms with Crippen LogP contribution in [0.1, 0.15) is 5.56 Å². The monoisotopic (exact) mass is 418 g/mol. The first kappa shape index (κ1) is 15.2. The molecule has 0 aliphatic rings. The van der Waals surface area contributed by atoms with Crippen molar-refractivity contribution in [1.82, 2.24) is 0 Å². The number of nitrogens with one attached hydrogen (secondary N) is 1. The molecule has 3 N–H and O–H groups in total. The van der Waals surface area contributed by atoms with Crippen LogP contribution in [0.5, 0.6) is 11.5 Å². The van der Waals surface area contributed by atoms with E-state index in [4.69, 9.17) is 11.6 Å². The van der Waals surface area contributed by atoms with E-state index in [1.165, 1.54) is 6.21 Å². The largest absolute Gasteiger partial charge is 0.506 e. The standard InChI is InChI=1S/C13H9Br2ClN2O2/c14-10-4-7(12(19)11(15)13(10)20)6-17-18-9-3-1-2-8(16)5-9/h1-6,18-20H. The van der Waals surface area contributed by atoms with Gasteiger partial charge in [-0.1, -0.05) is 17.7 Å². The van der Waals surface area contributed by atoms with Crippen molar-refractivity contribution in [2.24, 2.45) is 5.10 Å². The minimum absolute atomic E-state index is 0.0672. The summed E-state index contributed by atoms with van der Waals surface area (Å²) in [5.74, 6) is -0.162. The van der Waals surface area contributed by atoms with Crippen molar-refractivity contribution in [1.29, 1.82) is 0 Å². The maximum absolute atomic E-state index is 9.88. The minimum atomic E-state index is -0.0951. The number of anilines is 1. The van der Waals surface area contributed by atoms with Gasteiger partial charge < -0.3 is 10.2 Å². The third-order valence-electron chi connectivity index (χ3n) is 2.42. The molecule has 0 aliphatic heterocycles. The van der Waals surface area contributed by atoms with E-state index < -0.39 is 0 Å². The van der Waals surface area contributed by atoms with Crippen molar-refractivity contribution >= 4 is 55.4 Å². The minimum Gasteiger partial charge on any atom is -0.506 e. The molecular weight excluding hydrogens is 411 g/mol. The molecule has 0 fully saturated rings. The van der Waals surface area contributed by atoms with Crippen LogP contribution in [0.3, 0.4) is 0 Å². The third-order valence-corrected chi connectivity index (χ3v) is 4.01. The van der Waals surface area contributed by atoms with Crippen LogP contribution in [-0.4, -0.2) is 16.4 Å². The fourth-order valence-corrected chi connectivity index (χ4v) is 2.79. The molecule has 4 nitrogen and oxygen atoms in total. The van der Waals surface area contributed by atoms with Crippen molar-refractivity contribution in [2.45, 2.75) is 0 Å². The molecule has 20 heavy (non-hydrogen) atoms. The maximum Gasteiger partial charge on any atom is 0.147 e. The first-order valence-electron chi connectivity index (χ1n) is 5.43. The summed E-state index contributed by atoms with van der Waals surface area (Å²) in [6.45, 7) is 0. The zero-order valence-corrected chi connectivity index (χ0v) is 13.9. The van der Waals surface area contributed by atoms with Gasteiger partial charge in [-0.3, -0.25) is 5.43 Å². The Bertz CT molecular complexity index is 678. The molecular formula is C13H9Br2ClN2O2. The van der Waals surface area contributed by atoms with E-state index >= 15 is 0 Å². The molecule has 7 heteroatoms. The summed E-state index contributed by atoms with van der Waals surface area (Å²) in [4.78, 5) is 0. The van der Waals surface area contributed by atoms with E-state index in [9.17, 15) is 10.2 Å². The fraction of sp³-hybridized carbons (Fsp3) is 0. The lowest BCUT2D eigenvalue weighted by atomic mass is 10.2. The van der Waals surface area contributed by atoms with Gasteiger partial charge in [-0.15, -0.1) is 0 Å². The zero-order chi connectivity index (χ0) is 14.7. The molecule has 0 aliphatic carbocycles. The molecule has 104 valence electrons. The van der Waals surface area contributed by atoms with Crippen LogP contribution >= 0.6 is 43.5 Å². The molecule has 0 saturated carbocycles. The van der Waals surface area contributed by atoms with Crippen molar-refractivity contribution in [3.63, 3.8) is 0 Å². The van der Waals surface area contributed by atoms with Crippen LogP contribution in [0, 0.1) is 0 Å². The van der Waals surface area contributed by atoms with Gasteiger partial charge in [0.1, 0.15) is 16.0 Å². The highest BCUT2D eigenvalue weighted by atomic mass is 79.9. The number of aromatic hydroxyl groups is 2. The van der Waals surface area contributed by atoms with E-state index in [0.29, 0.717) is 15.1 Å². The Labute approximate surface area is 137 Å². The zero-order valence-electron chi connectivity index (χ0n) is 9.94. The van der Waals surface area contributed by atoms with Gasteiger partial charge in [0.2, 0.25) is 0 Å². The average molecular weight is 420 g/mol. The van der Waals surface area contributed by atoms with Crippen LogP contribution in [0.2, 0.25) is 5.02 Å². The van der Waals surface area contributed by atoms with E-state index in [0.717, 1.165) is 5.69 Å². The predicted octanol–water partition coefficient (Wildman–Crippen LogP) is 4.72. The molecule has 0 heterocycles. The van der Waals surface area contributed by atoms with Gasteiger partial charge >= 0.3 is 0 Å². The Kier molecular flexibility index (Phi) is 4.91. The smallest absolute Gasteiger partial charge is 0.147 e. The van der Waals surface area contributed by atoms with Crippen molar-refractivity contribution in [3.05, 3.63) is 49.9 Å². The Balaban J connectivity index is 2.20. The van der Waals surface area contributed by atoms with Crippen molar-refractivity contribution in [3.8, 4) is 11.5 Å². The first-order valence-corrected chi connectivity index (χ1v) is 7.40. The summed E-state index contributed by atoms with van der Waals surface area (Å²) in [6.07, 6.45) is 1.44. The number of hydrogen-bond donors (Lipinski definition) is 3. The number of phenolic OH excluding ortho intramolecular Hbond substituents is 2. The lowest BCUT2D eigenvalue weighted by molar-refractivity contribution is 0.442. The first-order chi connectivity index (χ1) is 9.49. The van der Waals surface area contributed by atoms with E-state index in [1.54, 1.807) is 24.3 Å². The Hall–Kier alpha value is -1.24. The topological polar surface area (TPSA) is 64.9 Å². The Morgan fingerprint density at radius 1 is 1.15 bits per heavy atom. The number of nitrogens with zero attached hydrogens (tertiary/aromatic N) is 1. The second kappa shape index (κ2) is 6.47. The van der Waals surface area contributed by atoms with Crippen molar-refractivity contribution in [2.75, 3.05) is 5.43 Å². The molecule has 0 unspecified atom stereocenters. The van der Waals surface area contributed by atoms with Gasteiger partial charge in [-0.05, 0) is 56.1 Å². The van der Waals surface area contributed by atoms with Crippen LogP contribution in [-0.2, 0) is 0 Å². The van der Waals surface area contributed by atoms with Crippen LogP contribution in [0.25, 0.3) is 0 Å². The highest BCUT2D eigenvalue weighted by Gasteiger charge is 2.12. The summed E-state index contributed by atoms with van der Waals surface area (Å²) in [5, 5.41) is 24.1. The van der Waals surface area contributed by atoms with Gasteiger partial charge in [0.25, 0.3) is 0 Å². The summed E-state index contributed by atoms with van der Waals surface area (Å²) >= 11 is 12.1. The van der Waals surface area contributed by atoms with Crippen LogP contribution in [0.4, 0.5) is 5.69 Å².